The number of ether oxygens (including phenoxy) is 1. The molecule has 1 atom stereocenters. The van der Waals surface area contributed by atoms with Crippen LogP contribution < -0.4 is 10.6 Å². The van der Waals surface area contributed by atoms with Gasteiger partial charge in [-0.05, 0) is 95.6 Å². The van der Waals surface area contributed by atoms with Crippen molar-refractivity contribution in [1.29, 1.82) is 5.26 Å². The average Bonchev–Trinajstić information content (AvgIpc) is 3.47. The van der Waals surface area contributed by atoms with E-state index in [1.165, 1.54) is 32.4 Å². The molecule has 1 heterocycles. The highest BCUT2D eigenvalue weighted by Gasteiger charge is 2.28. The molecule has 7 heteroatoms. The maximum absolute atomic E-state index is 11.8. The van der Waals surface area contributed by atoms with Crippen LogP contribution >= 0.6 is 0 Å². The fraction of sp³-hybridized carbons (Fsp3) is 0.692. The zero-order valence-electron chi connectivity index (χ0n) is 20.6. The summed E-state index contributed by atoms with van der Waals surface area (Å²) in [6.45, 7) is 13.9. The number of carbonyl (C=O) groups excluding carboxylic acids is 1. The van der Waals surface area contributed by atoms with E-state index in [2.05, 4.69) is 26.5 Å². The molecule has 1 unspecified atom stereocenters. The van der Waals surface area contributed by atoms with E-state index in [1.54, 1.807) is 0 Å². The van der Waals surface area contributed by atoms with Crippen molar-refractivity contribution in [3.05, 3.63) is 29.8 Å². The second kappa shape index (κ2) is 12.2. The summed E-state index contributed by atoms with van der Waals surface area (Å²) in [6, 6.07) is 9.83. The first-order chi connectivity index (χ1) is 15.8. The number of hydrogen-bond donors (Lipinski definition) is 2. The lowest BCUT2D eigenvalue weighted by atomic mass is 10.1. The van der Waals surface area contributed by atoms with Gasteiger partial charge in [0.2, 0.25) is 0 Å². The van der Waals surface area contributed by atoms with Crippen LogP contribution in [0.3, 0.4) is 0 Å². The van der Waals surface area contributed by atoms with Crippen LogP contribution in [0.1, 0.15) is 52.0 Å². The molecular weight excluding hydrogens is 414 g/mol. The Labute approximate surface area is 199 Å². The third-order valence-electron chi connectivity index (χ3n) is 6.19. The lowest BCUT2D eigenvalue weighted by molar-refractivity contribution is 0.0523. The molecule has 0 aromatic heterocycles. The summed E-state index contributed by atoms with van der Waals surface area (Å²) in [7, 11) is 0. The summed E-state index contributed by atoms with van der Waals surface area (Å²) in [5, 5.41) is 15.3. The first kappa shape index (κ1) is 25.3. The third-order valence-corrected chi connectivity index (χ3v) is 6.19. The molecule has 1 aromatic rings. The number of likely N-dealkylation sites (tertiary alicyclic amines) is 1. The van der Waals surface area contributed by atoms with E-state index in [-0.39, 0.29) is 6.09 Å². The van der Waals surface area contributed by atoms with Crippen LogP contribution in [0.5, 0.6) is 0 Å². The monoisotopic (exact) mass is 455 g/mol. The van der Waals surface area contributed by atoms with Crippen LogP contribution in [0.4, 0.5) is 10.5 Å². The number of rotatable bonds is 12. The number of nitrogens with one attached hydrogen (secondary N) is 2. The zero-order valence-corrected chi connectivity index (χ0v) is 20.6. The molecule has 1 saturated carbocycles. The van der Waals surface area contributed by atoms with Crippen molar-refractivity contribution in [2.24, 2.45) is 11.8 Å². The molecule has 1 amide bonds. The van der Waals surface area contributed by atoms with Crippen molar-refractivity contribution in [1.82, 2.24) is 15.1 Å². The highest BCUT2D eigenvalue weighted by Crippen LogP contribution is 2.30. The largest absolute Gasteiger partial charge is 0.444 e. The maximum Gasteiger partial charge on any atom is 0.407 e. The minimum absolute atomic E-state index is 0.330. The molecule has 182 valence electrons. The molecule has 2 fully saturated rings. The van der Waals surface area contributed by atoms with Gasteiger partial charge >= 0.3 is 6.09 Å². The minimum atomic E-state index is -0.453. The van der Waals surface area contributed by atoms with E-state index < -0.39 is 5.60 Å². The van der Waals surface area contributed by atoms with Crippen LogP contribution in [0, 0.1) is 23.2 Å². The zero-order chi connectivity index (χ0) is 23.7. The Balaban J connectivity index is 1.33. The van der Waals surface area contributed by atoms with Gasteiger partial charge in [0.15, 0.2) is 0 Å². The van der Waals surface area contributed by atoms with Crippen molar-refractivity contribution in [2.75, 3.05) is 57.7 Å². The quantitative estimate of drug-likeness (QED) is 0.465. The molecule has 2 N–H and O–H groups in total. The first-order valence-corrected chi connectivity index (χ1v) is 12.5. The Kier molecular flexibility index (Phi) is 9.40. The van der Waals surface area contributed by atoms with Gasteiger partial charge in [0, 0.05) is 45.0 Å². The number of alkyl carbamates (subject to hydrolysis) is 1. The van der Waals surface area contributed by atoms with Crippen molar-refractivity contribution >= 4 is 11.8 Å². The summed E-state index contributed by atoms with van der Waals surface area (Å²) in [5.74, 6) is 1.60. The van der Waals surface area contributed by atoms with Crippen molar-refractivity contribution in [3.63, 3.8) is 0 Å². The number of hydrogen-bond acceptors (Lipinski definition) is 6. The highest BCUT2D eigenvalue weighted by atomic mass is 16.6. The molecule has 2 aliphatic rings. The second-order valence-corrected chi connectivity index (χ2v) is 10.6. The van der Waals surface area contributed by atoms with Gasteiger partial charge in [0.05, 0.1) is 11.6 Å². The number of anilines is 1. The summed E-state index contributed by atoms with van der Waals surface area (Å²) < 4.78 is 5.31. The Morgan fingerprint density at radius 2 is 1.88 bits per heavy atom. The van der Waals surface area contributed by atoms with Crippen molar-refractivity contribution in [2.45, 2.75) is 52.1 Å². The van der Waals surface area contributed by atoms with Crippen LogP contribution in [0.15, 0.2) is 24.3 Å². The van der Waals surface area contributed by atoms with E-state index in [0.717, 1.165) is 50.7 Å². The number of amides is 1. The topological polar surface area (TPSA) is 80.6 Å². The fourth-order valence-corrected chi connectivity index (χ4v) is 4.38. The molecule has 3 rings (SSSR count). The van der Waals surface area contributed by atoms with Gasteiger partial charge in [-0.25, -0.2) is 4.79 Å². The van der Waals surface area contributed by atoms with Gasteiger partial charge in [0.1, 0.15) is 5.60 Å². The lowest BCUT2D eigenvalue weighted by Crippen LogP contribution is -2.38. The molecule has 33 heavy (non-hydrogen) atoms. The average molecular weight is 456 g/mol. The molecule has 1 aliphatic heterocycles. The molecule has 0 radical (unpaired) electrons. The van der Waals surface area contributed by atoms with Crippen LogP contribution in [-0.4, -0.2) is 73.9 Å². The van der Waals surface area contributed by atoms with E-state index in [0.29, 0.717) is 18.0 Å². The van der Waals surface area contributed by atoms with Gasteiger partial charge in [-0.2, -0.15) is 5.26 Å². The fourth-order valence-electron chi connectivity index (χ4n) is 4.38. The molecule has 1 aliphatic carbocycles. The Morgan fingerprint density at radius 1 is 1.15 bits per heavy atom. The van der Waals surface area contributed by atoms with E-state index in [4.69, 9.17) is 10.00 Å². The lowest BCUT2D eigenvalue weighted by Gasteiger charge is -2.26. The van der Waals surface area contributed by atoms with Gasteiger partial charge < -0.3 is 25.2 Å². The Morgan fingerprint density at radius 3 is 2.55 bits per heavy atom. The van der Waals surface area contributed by atoms with Gasteiger partial charge in [-0.3, -0.25) is 0 Å². The number of nitriles is 1. The second-order valence-electron chi connectivity index (χ2n) is 10.6. The molecule has 1 saturated heterocycles. The van der Waals surface area contributed by atoms with Gasteiger partial charge in [0.25, 0.3) is 0 Å². The maximum atomic E-state index is 11.8. The molecular formula is C26H41N5O2. The summed E-state index contributed by atoms with van der Waals surface area (Å²) >= 11 is 0. The Bertz CT molecular complexity index is 779. The van der Waals surface area contributed by atoms with Crippen LogP contribution in [0.25, 0.3) is 0 Å². The number of benzene rings is 1. The highest BCUT2D eigenvalue weighted by molar-refractivity contribution is 5.67. The predicted molar refractivity (Wildman–Crippen MR) is 132 cm³/mol. The third kappa shape index (κ3) is 10.0. The van der Waals surface area contributed by atoms with E-state index in [1.807, 2.05) is 45.0 Å². The number of carbonyl (C=O) groups is 1. The number of nitrogens with zero attached hydrogens (tertiary/aromatic N) is 3. The van der Waals surface area contributed by atoms with Crippen molar-refractivity contribution in [3.8, 4) is 6.07 Å². The molecule has 0 spiro atoms. The SMILES string of the molecule is CC(C)(C)OC(=O)NCCN1CCC(CN(CCCNc2ccc(C#N)cc2)CC2CC2)C1. The summed E-state index contributed by atoms with van der Waals surface area (Å²) in [4.78, 5) is 17.0. The standard InChI is InChI=1S/C26H41N5O2/c1-26(2,3)33-25(32)29-13-16-30-15-11-23(19-30)20-31(18-22-5-6-22)14-4-12-28-24-9-7-21(17-27)8-10-24/h7-10,22-23,28H,4-6,11-16,18-20H2,1-3H3,(H,29,32). The predicted octanol–water partition coefficient (Wildman–Crippen LogP) is 3.92. The minimum Gasteiger partial charge on any atom is -0.444 e. The smallest absolute Gasteiger partial charge is 0.407 e. The first-order valence-electron chi connectivity index (χ1n) is 12.5. The molecule has 7 nitrogen and oxygen atoms in total. The van der Waals surface area contributed by atoms with Gasteiger partial charge in [-0.1, -0.05) is 0 Å². The summed E-state index contributed by atoms with van der Waals surface area (Å²) in [6.07, 6.45) is 4.78. The van der Waals surface area contributed by atoms with Crippen LogP contribution in [-0.2, 0) is 4.74 Å². The Hall–Kier alpha value is -2.30. The molecule has 1 aromatic carbocycles. The van der Waals surface area contributed by atoms with Crippen molar-refractivity contribution < 1.29 is 9.53 Å². The van der Waals surface area contributed by atoms with Gasteiger partial charge in [-0.15, -0.1) is 0 Å². The molecule has 0 bridgehead atoms. The van der Waals surface area contributed by atoms with E-state index in [9.17, 15) is 4.79 Å². The summed E-state index contributed by atoms with van der Waals surface area (Å²) in [5.41, 5.74) is 1.32. The van der Waals surface area contributed by atoms with E-state index >= 15 is 0 Å². The normalized spacial score (nSPS) is 18.8. The van der Waals surface area contributed by atoms with Crippen LogP contribution in [0.2, 0.25) is 0 Å².